The highest BCUT2D eigenvalue weighted by Gasteiger charge is 2.38. The number of carbonyl (C=O) groups is 2. The molecule has 2 saturated heterocycles. The second kappa shape index (κ2) is 14.9. The molecule has 4 heterocycles. The molecular weight excluding hydrogens is 566 g/mol. The summed E-state index contributed by atoms with van der Waals surface area (Å²) in [7, 11) is 0. The highest BCUT2D eigenvalue weighted by molar-refractivity contribution is 5.73. The van der Waals surface area contributed by atoms with E-state index in [1.165, 1.54) is 6.42 Å². The van der Waals surface area contributed by atoms with Crippen molar-refractivity contribution in [2.45, 2.75) is 58.0 Å². The number of aromatic nitrogens is 5. The Morgan fingerprint density at radius 3 is 1.98 bits per heavy atom. The van der Waals surface area contributed by atoms with Crippen LogP contribution in [0.3, 0.4) is 0 Å². The van der Waals surface area contributed by atoms with E-state index < -0.39 is 24.3 Å². The van der Waals surface area contributed by atoms with Gasteiger partial charge in [-0.1, -0.05) is 5.21 Å². The zero-order valence-electron chi connectivity index (χ0n) is 22.4. The molecule has 0 aliphatic carbocycles. The fourth-order valence-electron chi connectivity index (χ4n) is 4.03. The van der Waals surface area contributed by atoms with Gasteiger partial charge in [-0.05, 0) is 52.3 Å². The fraction of sp³-hybridized carbons (Fsp3) is 0.652. The Labute approximate surface area is 231 Å². The minimum Gasteiger partial charge on any atom is -0.475 e. The number of halogens is 6. The summed E-state index contributed by atoms with van der Waals surface area (Å²) in [6.45, 7) is 11.3. The third-order valence-electron chi connectivity index (χ3n) is 5.95. The van der Waals surface area contributed by atoms with E-state index in [9.17, 15) is 26.3 Å². The van der Waals surface area contributed by atoms with Crippen molar-refractivity contribution in [2.24, 2.45) is 0 Å². The molecule has 230 valence electrons. The van der Waals surface area contributed by atoms with Gasteiger partial charge in [0.25, 0.3) is 0 Å². The lowest BCUT2D eigenvalue weighted by molar-refractivity contribution is -0.193. The molecule has 0 spiro atoms. The Kier molecular flexibility index (Phi) is 12.2. The van der Waals surface area contributed by atoms with Gasteiger partial charge >= 0.3 is 24.3 Å². The van der Waals surface area contributed by atoms with Gasteiger partial charge in [0.15, 0.2) is 0 Å². The summed E-state index contributed by atoms with van der Waals surface area (Å²) in [5.74, 6) is -4.65. The topological polar surface area (TPSA) is 150 Å². The van der Waals surface area contributed by atoms with Crippen LogP contribution in [0.2, 0.25) is 0 Å². The molecule has 12 nitrogen and oxygen atoms in total. The number of aliphatic carboxylic acids is 2. The van der Waals surface area contributed by atoms with Crippen LogP contribution in [-0.4, -0.2) is 104 Å². The lowest BCUT2D eigenvalue weighted by Gasteiger charge is -2.32. The van der Waals surface area contributed by atoms with Crippen molar-refractivity contribution < 1.29 is 46.1 Å². The quantitative estimate of drug-likeness (QED) is 0.446. The van der Waals surface area contributed by atoms with E-state index in [0.717, 1.165) is 81.7 Å². The van der Waals surface area contributed by atoms with E-state index >= 15 is 0 Å². The highest BCUT2D eigenvalue weighted by Crippen LogP contribution is 2.24. The van der Waals surface area contributed by atoms with Crippen LogP contribution in [-0.2, 0) is 16.1 Å². The van der Waals surface area contributed by atoms with Crippen LogP contribution in [0.15, 0.2) is 12.3 Å². The summed E-state index contributed by atoms with van der Waals surface area (Å²) in [4.78, 5) is 31.8. The summed E-state index contributed by atoms with van der Waals surface area (Å²) in [6.07, 6.45) is -4.72. The molecule has 0 amide bonds. The van der Waals surface area contributed by atoms with Crippen LogP contribution in [0.4, 0.5) is 32.3 Å². The number of carboxylic acid groups (broad SMARTS) is 2. The number of nitrogens with zero attached hydrogens (tertiary/aromatic N) is 7. The molecule has 0 unspecified atom stereocenters. The zero-order chi connectivity index (χ0) is 30.8. The number of alkyl halides is 6. The normalized spacial score (nSPS) is 17.0. The van der Waals surface area contributed by atoms with Gasteiger partial charge in [0.2, 0.25) is 5.95 Å². The van der Waals surface area contributed by atoms with E-state index in [-0.39, 0.29) is 0 Å². The van der Waals surface area contributed by atoms with Gasteiger partial charge in [-0.25, -0.2) is 24.2 Å². The first kappa shape index (κ1) is 33.7. The Balaban J connectivity index is 0.000000349. The molecule has 3 N–H and O–H groups in total. The number of piperidine rings is 1. The second-order valence-electron chi connectivity index (χ2n) is 9.34. The predicted octanol–water partition coefficient (Wildman–Crippen LogP) is 2.59. The third-order valence-corrected chi connectivity index (χ3v) is 5.95. The molecule has 18 heteroatoms. The van der Waals surface area contributed by atoms with Crippen molar-refractivity contribution >= 4 is 17.9 Å². The molecule has 41 heavy (non-hydrogen) atoms. The molecule has 0 bridgehead atoms. The van der Waals surface area contributed by atoms with Gasteiger partial charge in [0.05, 0.1) is 17.9 Å². The van der Waals surface area contributed by atoms with Crippen molar-refractivity contribution in [3.05, 3.63) is 29.3 Å². The minimum absolute atomic E-state index is 0.416. The summed E-state index contributed by atoms with van der Waals surface area (Å²) >= 11 is 0. The predicted molar refractivity (Wildman–Crippen MR) is 132 cm³/mol. The van der Waals surface area contributed by atoms with Crippen molar-refractivity contribution in [2.75, 3.05) is 44.2 Å². The molecular formula is C23H32F6N8O4. The maximum atomic E-state index is 10.6. The van der Waals surface area contributed by atoms with Gasteiger partial charge in [-0.3, -0.25) is 4.90 Å². The minimum atomic E-state index is -5.08. The molecule has 0 atom stereocenters. The summed E-state index contributed by atoms with van der Waals surface area (Å²) < 4.78 is 65.5. The second-order valence-corrected chi connectivity index (χ2v) is 9.34. The van der Waals surface area contributed by atoms with Crippen molar-refractivity contribution in [1.29, 1.82) is 0 Å². The maximum absolute atomic E-state index is 10.6. The van der Waals surface area contributed by atoms with Crippen LogP contribution in [0.5, 0.6) is 0 Å². The van der Waals surface area contributed by atoms with Gasteiger partial charge in [-0.2, -0.15) is 26.3 Å². The molecule has 4 rings (SSSR count). The molecule has 2 aliphatic rings. The molecule has 0 saturated carbocycles. The number of hydrogen-bond donors (Lipinski definition) is 3. The van der Waals surface area contributed by atoms with E-state index in [1.54, 1.807) is 0 Å². The largest absolute Gasteiger partial charge is 0.490 e. The van der Waals surface area contributed by atoms with Crippen molar-refractivity contribution in [1.82, 2.24) is 35.2 Å². The first-order valence-electron chi connectivity index (χ1n) is 12.6. The van der Waals surface area contributed by atoms with E-state index in [0.29, 0.717) is 6.04 Å². The molecule has 0 radical (unpaired) electrons. The SMILES string of the molecule is Cc1cc(C)nc(N2CCC(n3cc(CN4CCCNCC4)nn3)CC2)n1.O=C(O)C(F)(F)F.O=C(O)C(F)(F)F. The Hall–Kier alpha value is -3.54. The smallest absolute Gasteiger partial charge is 0.475 e. The lowest BCUT2D eigenvalue weighted by Crippen LogP contribution is -2.36. The molecule has 2 aromatic heterocycles. The van der Waals surface area contributed by atoms with Gasteiger partial charge in [0, 0.05) is 44.1 Å². The van der Waals surface area contributed by atoms with Crippen molar-refractivity contribution in [3.63, 3.8) is 0 Å². The number of rotatable bonds is 4. The van der Waals surface area contributed by atoms with Crippen LogP contribution in [0.1, 0.15) is 42.4 Å². The lowest BCUT2D eigenvalue weighted by atomic mass is 10.1. The average molecular weight is 599 g/mol. The van der Waals surface area contributed by atoms with Crippen LogP contribution >= 0.6 is 0 Å². The summed E-state index contributed by atoms with van der Waals surface area (Å²) in [5.41, 5.74) is 3.14. The number of aryl methyl sites for hydroxylation is 2. The fourth-order valence-corrected chi connectivity index (χ4v) is 4.03. The molecule has 0 aromatic carbocycles. The summed E-state index contributed by atoms with van der Waals surface area (Å²) in [5, 5.41) is 26.6. The average Bonchev–Trinajstić information content (AvgIpc) is 3.18. The Bertz CT molecular complexity index is 1080. The number of nitrogens with one attached hydrogen (secondary N) is 1. The Morgan fingerprint density at radius 1 is 0.927 bits per heavy atom. The van der Waals surface area contributed by atoms with Crippen molar-refractivity contribution in [3.8, 4) is 0 Å². The monoisotopic (exact) mass is 598 g/mol. The standard InChI is InChI=1S/C19H30N8.2C2HF3O2/c1-15-12-16(2)22-19(21-15)26-9-4-18(5-10-26)27-14-17(23-24-27)13-25-8-3-6-20-7-11-25;2*3-2(4,5)1(6)7/h12,14,18,20H,3-11,13H2,1-2H3;2*(H,6,7). The van der Waals surface area contributed by atoms with Crippen LogP contribution in [0.25, 0.3) is 0 Å². The Morgan fingerprint density at radius 2 is 1.46 bits per heavy atom. The van der Waals surface area contributed by atoms with Crippen LogP contribution < -0.4 is 10.2 Å². The van der Waals surface area contributed by atoms with E-state index in [2.05, 4.69) is 46.3 Å². The number of anilines is 1. The van der Waals surface area contributed by atoms with E-state index in [1.807, 2.05) is 19.9 Å². The van der Waals surface area contributed by atoms with Gasteiger partial charge in [-0.15, -0.1) is 5.10 Å². The van der Waals surface area contributed by atoms with Gasteiger partial charge in [0.1, 0.15) is 0 Å². The summed E-state index contributed by atoms with van der Waals surface area (Å²) in [6, 6.07) is 2.44. The number of carboxylic acids is 2. The molecule has 2 aliphatic heterocycles. The zero-order valence-corrected chi connectivity index (χ0v) is 22.4. The maximum Gasteiger partial charge on any atom is 0.490 e. The van der Waals surface area contributed by atoms with Crippen LogP contribution in [0, 0.1) is 13.8 Å². The molecule has 2 fully saturated rings. The highest BCUT2D eigenvalue weighted by atomic mass is 19.4. The third kappa shape index (κ3) is 11.8. The number of hydrogen-bond acceptors (Lipinski definition) is 9. The first-order chi connectivity index (χ1) is 19.1. The van der Waals surface area contributed by atoms with Gasteiger partial charge < -0.3 is 20.4 Å². The molecule has 2 aromatic rings. The van der Waals surface area contributed by atoms with E-state index in [4.69, 9.17) is 19.8 Å². The first-order valence-corrected chi connectivity index (χ1v) is 12.6.